The predicted molar refractivity (Wildman–Crippen MR) is 78.6 cm³/mol. The van der Waals surface area contributed by atoms with Gasteiger partial charge in [0.1, 0.15) is 12.0 Å². The van der Waals surface area contributed by atoms with Gasteiger partial charge >= 0.3 is 0 Å². The molecule has 0 aliphatic rings. The van der Waals surface area contributed by atoms with E-state index < -0.39 is 32.3 Å². The topological polar surface area (TPSA) is 98.8 Å². The van der Waals surface area contributed by atoms with Crippen molar-refractivity contribution >= 4 is 20.2 Å². The minimum atomic E-state index is -3.71. The molecule has 1 aromatic carbocycles. The van der Waals surface area contributed by atoms with Gasteiger partial charge in [-0.25, -0.2) is 4.39 Å². The molecule has 7 nitrogen and oxygen atoms in total. The molecule has 22 heavy (non-hydrogen) atoms. The number of nitrogens with one attached hydrogen (secondary N) is 1. The Labute approximate surface area is 129 Å². The summed E-state index contributed by atoms with van der Waals surface area (Å²) < 4.78 is 66.3. The maximum Gasteiger partial charge on any atom is 0.265 e. The van der Waals surface area contributed by atoms with Crippen LogP contribution in [0.15, 0.2) is 24.3 Å². The average molecular weight is 355 g/mol. The largest absolute Gasteiger partial charge is 0.288 e. The molecule has 1 N–H and O–H groups in total. The van der Waals surface area contributed by atoms with Gasteiger partial charge in [0.05, 0.1) is 19.1 Å². The van der Waals surface area contributed by atoms with Crippen LogP contribution in [0, 0.1) is 5.82 Å². The summed E-state index contributed by atoms with van der Waals surface area (Å²) in [6.07, 6.45) is 1.06. The van der Waals surface area contributed by atoms with Crippen LogP contribution in [0.3, 0.4) is 0 Å². The lowest BCUT2D eigenvalue weighted by molar-refractivity contribution is 0.164. The third-order valence-electron chi connectivity index (χ3n) is 2.40. The fourth-order valence-corrected chi connectivity index (χ4v) is 2.54. The Morgan fingerprint density at radius 3 is 2.18 bits per heavy atom. The first-order valence-electron chi connectivity index (χ1n) is 6.26. The van der Waals surface area contributed by atoms with E-state index in [9.17, 15) is 21.2 Å². The third kappa shape index (κ3) is 9.05. The zero-order chi connectivity index (χ0) is 16.8. The van der Waals surface area contributed by atoms with Gasteiger partial charge in [-0.2, -0.15) is 16.8 Å². The van der Waals surface area contributed by atoms with Gasteiger partial charge in [-0.15, -0.1) is 0 Å². The average Bonchev–Trinajstić information content (AvgIpc) is 2.34. The number of halogens is 1. The van der Waals surface area contributed by atoms with Gasteiger partial charge in [-0.1, -0.05) is 12.1 Å². The molecule has 0 saturated carbocycles. The van der Waals surface area contributed by atoms with Gasteiger partial charge in [-0.3, -0.25) is 13.7 Å². The highest BCUT2D eigenvalue weighted by Gasteiger charge is 2.16. The van der Waals surface area contributed by atoms with Crippen LogP contribution >= 0.6 is 0 Å². The summed E-state index contributed by atoms with van der Waals surface area (Å²) in [4.78, 5) is 0. The summed E-state index contributed by atoms with van der Waals surface area (Å²) in [5.41, 5.74) is 0.659. The lowest BCUT2D eigenvalue weighted by Crippen LogP contribution is -2.37. The maximum absolute atomic E-state index is 12.8. The van der Waals surface area contributed by atoms with E-state index in [1.54, 1.807) is 0 Å². The predicted octanol–water partition coefficient (Wildman–Crippen LogP) is 0.236. The summed E-state index contributed by atoms with van der Waals surface area (Å²) in [6, 6.07) is 5.50. The third-order valence-corrected chi connectivity index (χ3v) is 3.57. The standard InChI is InChI=1S/C12H18FNO6S2/c1-21(15,16)19-8-7-14-12(20-22(2,17)18)9-10-3-5-11(13)6-4-10/h3-6,12,14H,7-9H2,1-2H3. The van der Waals surface area contributed by atoms with Gasteiger partial charge in [0.2, 0.25) is 0 Å². The van der Waals surface area contributed by atoms with Crippen molar-refractivity contribution in [2.45, 2.75) is 12.6 Å². The zero-order valence-electron chi connectivity index (χ0n) is 12.2. The van der Waals surface area contributed by atoms with E-state index in [2.05, 4.69) is 9.50 Å². The van der Waals surface area contributed by atoms with Crippen molar-refractivity contribution in [1.82, 2.24) is 5.32 Å². The van der Waals surface area contributed by atoms with E-state index in [0.29, 0.717) is 5.56 Å². The summed E-state index contributed by atoms with van der Waals surface area (Å²) in [5, 5.41) is 2.73. The molecule has 1 atom stereocenters. The molecule has 0 saturated heterocycles. The van der Waals surface area contributed by atoms with Crippen LogP contribution in [0.4, 0.5) is 4.39 Å². The van der Waals surface area contributed by atoms with Crippen molar-refractivity contribution in [2.75, 3.05) is 25.7 Å². The first-order chi connectivity index (χ1) is 10.1. The Morgan fingerprint density at radius 2 is 1.68 bits per heavy atom. The van der Waals surface area contributed by atoms with Crippen LogP contribution in [0.2, 0.25) is 0 Å². The second-order valence-electron chi connectivity index (χ2n) is 4.60. The molecule has 0 bridgehead atoms. The first kappa shape index (κ1) is 19.0. The molecule has 1 aromatic rings. The van der Waals surface area contributed by atoms with Crippen LogP contribution in [-0.2, 0) is 35.0 Å². The Kier molecular flexibility index (Phi) is 6.88. The van der Waals surface area contributed by atoms with Gasteiger partial charge in [0, 0.05) is 13.0 Å². The van der Waals surface area contributed by atoms with Crippen molar-refractivity contribution in [3.05, 3.63) is 35.6 Å². The molecule has 0 amide bonds. The second-order valence-corrected chi connectivity index (χ2v) is 7.84. The van der Waals surface area contributed by atoms with Crippen molar-refractivity contribution in [1.29, 1.82) is 0 Å². The number of benzene rings is 1. The number of hydrogen-bond donors (Lipinski definition) is 1. The van der Waals surface area contributed by atoms with Crippen molar-refractivity contribution in [3.8, 4) is 0 Å². The van der Waals surface area contributed by atoms with Crippen LogP contribution in [0.1, 0.15) is 5.56 Å². The van der Waals surface area contributed by atoms with Crippen LogP contribution in [0.25, 0.3) is 0 Å². The van der Waals surface area contributed by atoms with Crippen LogP contribution < -0.4 is 5.32 Å². The molecule has 126 valence electrons. The summed E-state index contributed by atoms with van der Waals surface area (Å²) >= 11 is 0. The smallest absolute Gasteiger partial charge is 0.265 e. The summed E-state index contributed by atoms with van der Waals surface area (Å²) in [6.45, 7) is -0.0969. The highest BCUT2D eigenvalue weighted by Crippen LogP contribution is 2.08. The fourth-order valence-electron chi connectivity index (χ4n) is 1.60. The molecule has 0 fully saturated rings. The van der Waals surface area contributed by atoms with Crippen LogP contribution in [0.5, 0.6) is 0 Å². The molecule has 0 radical (unpaired) electrons. The molecule has 1 unspecified atom stereocenters. The van der Waals surface area contributed by atoms with Gasteiger partial charge in [0.15, 0.2) is 0 Å². The van der Waals surface area contributed by atoms with E-state index in [4.69, 9.17) is 4.18 Å². The quantitative estimate of drug-likeness (QED) is 0.385. The highest BCUT2D eigenvalue weighted by molar-refractivity contribution is 7.86. The van der Waals surface area contributed by atoms with Crippen molar-refractivity contribution in [3.63, 3.8) is 0 Å². The molecule has 0 heterocycles. The Hall–Kier alpha value is -1.07. The molecule has 0 aromatic heterocycles. The SMILES string of the molecule is CS(=O)(=O)OCCNC(Cc1ccc(F)cc1)OS(C)(=O)=O. The lowest BCUT2D eigenvalue weighted by atomic mass is 10.1. The zero-order valence-corrected chi connectivity index (χ0v) is 13.8. The molecule has 0 aliphatic carbocycles. The minimum absolute atomic E-state index is 0.0639. The van der Waals surface area contributed by atoms with Gasteiger partial charge < -0.3 is 0 Å². The highest BCUT2D eigenvalue weighted by atomic mass is 32.2. The van der Waals surface area contributed by atoms with Crippen molar-refractivity contribution < 1.29 is 29.6 Å². The minimum Gasteiger partial charge on any atom is -0.288 e. The number of hydrogen-bond acceptors (Lipinski definition) is 7. The van der Waals surface area contributed by atoms with E-state index in [1.165, 1.54) is 24.3 Å². The second kappa shape index (κ2) is 7.97. The normalized spacial score (nSPS) is 14.0. The molecular formula is C12H18FNO6S2. The van der Waals surface area contributed by atoms with Crippen LogP contribution in [-0.4, -0.2) is 48.7 Å². The maximum atomic E-state index is 12.8. The molecule has 0 aliphatic heterocycles. The Morgan fingerprint density at radius 1 is 1.09 bits per heavy atom. The molecule has 1 rings (SSSR count). The molecule has 0 spiro atoms. The summed E-state index contributed by atoms with van der Waals surface area (Å²) in [5.74, 6) is -0.404. The van der Waals surface area contributed by atoms with E-state index in [1.807, 2.05) is 0 Å². The first-order valence-corrected chi connectivity index (χ1v) is 9.89. The van der Waals surface area contributed by atoms with Crippen molar-refractivity contribution in [2.24, 2.45) is 0 Å². The van der Waals surface area contributed by atoms with E-state index in [-0.39, 0.29) is 19.6 Å². The van der Waals surface area contributed by atoms with E-state index in [0.717, 1.165) is 12.5 Å². The monoisotopic (exact) mass is 355 g/mol. The van der Waals surface area contributed by atoms with Gasteiger partial charge in [-0.05, 0) is 17.7 Å². The molecular weight excluding hydrogens is 337 g/mol. The van der Waals surface area contributed by atoms with Gasteiger partial charge in [0.25, 0.3) is 20.2 Å². The van der Waals surface area contributed by atoms with E-state index >= 15 is 0 Å². The number of rotatable bonds is 9. The Bertz CT molecular complexity index is 672. The summed E-state index contributed by atoms with van der Waals surface area (Å²) in [7, 11) is -7.27. The lowest BCUT2D eigenvalue weighted by Gasteiger charge is -2.18. The Balaban J connectivity index is 2.61. The molecule has 10 heteroatoms. The fraction of sp³-hybridized carbons (Fsp3) is 0.500.